The van der Waals surface area contributed by atoms with Gasteiger partial charge in [0.1, 0.15) is 6.10 Å². The Balaban J connectivity index is 1.74. The van der Waals surface area contributed by atoms with Crippen LogP contribution in [0.1, 0.15) is 16.8 Å². The van der Waals surface area contributed by atoms with Crippen molar-refractivity contribution in [2.75, 3.05) is 4.43 Å². The van der Waals surface area contributed by atoms with Crippen LogP contribution in [0.25, 0.3) is 0 Å². The molecule has 104 valence electrons. The van der Waals surface area contributed by atoms with Gasteiger partial charge in [0.25, 0.3) is 0 Å². The van der Waals surface area contributed by atoms with Crippen molar-refractivity contribution >= 4 is 34.4 Å². The third-order valence-corrected chi connectivity index (χ3v) is 5.15. The highest BCUT2D eigenvalue weighted by molar-refractivity contribution is 14.1. The number of thioether (sulfide) groups is 1. The minimum Gasteiger partial charge on any atom is -0.473 e. The fourth-order valence-corrected chi connectivity index (χ4v) is 3.51. The van der Waals surface area contributed by atoms with E-state index in [1.807, 2.05) is 13.0 Å². The van der Waals surface area contributed by atoms with Crippen LogP contribution in [0.2, 0.25) is 0 Å². The van der Waals surface area contributed by atoms with Gasteiger partial charge in [-0.2, -0.15) is 4.98 Å². The third kappa shape index (κ3) is 3.09. The van der Waals surface area contributed by atoms with Gasteiger partial charge in [0.05, 0.1) is 0 Å². The lowest BCUT2D eigenvalue weighted by molar-refractivity contribution is 0.252. The Hall–Kier alpha value is -0.820. The molecule has 1 aromatic heterocycles. The Morgan fingerprint density at radius 2 is 2.10 bits per heavy atom. The van der Waals surface area contributed by atoms with Crippen LogP contribution in [0.4, 0.5) is 0 Å². The lowest BCUT2D eigenvalue weighted by Gasteiger charge is -2.06. The number of hydrogen-bond donors (Lipinski definition) is 0. The molecule has 0 bridgehead atoms. The van der Waals surface area contributed by atoms with Crippen LogP contribution < -0.4 is 4.74 Å². The van der Waals surface area contributed by atoms with Crippen LogP contribution >= 0.6 is 34.4 Å². The number of aryl methyl sites for hydroxylation is 1. The molecule has 1 atom stereocenters. The smallest absolute Gasteiger partial charge is 0.221 e. The van der Waals surface area contributed by atoms with Gasteiger partial charge in [-0.05, 0) is 12.5 Å². The summed E-state index contributed by atoms with van der Waals surface area (Å²) in [5, 5.41) is 0.805. The maximum absolute atomic E-state index is 5.86. The highest BCUT2D eigenvalue weighted by atomic mass is 127. The number of fused-ring (bicyclic) bond motifs is 1. The number of rotatable bonds is 4. The summed E-state index contributed by atoms with van der Waals surface area (Å²) in [6.07, 6.45) is 1.20. The maximum Gasteiger partial charge on any atom is 0.221 e. The van der Waals surface area contributed by atoms with Gasteiger partial charge in [0, 0.05) is 27.9 Å². The summed E-state index contributed by atoms with van der Waals surface area (Å²) in [4.78, 5) is 9.15. The first-order valence-electron chi connectivity index (χ1n) is 6.53. The molecule has 0 saturated heterocycles. The maximum atomic E-state index is 5.86. The summed E-state index contributed by atoms with van der Waals surface area (Å²) in [5.74, 6) is 1.67. The minimum absolute atomic E-state index is 0.257. The van der Waals surface area contributed by atoms with Crippen molar-refractivity contribution < 1.29 is 4.74 Å². The van der Waals surface area contributed by atoms with Crippen LogP contribution in [-0.4, -0.2) is 20.5 Å². The minimum atomic E-state index is 0.257. The first-order valence-corrected chi connectivity index (χ1v) is 9.04. The Labute approximate surface area is 136 Å². The SMILES string of the molecule is Cc1nc(SCc2ccccc2)nc2c1CC(CI)O2. The van der Waals surface area contributed by atoms with E-state index < -0.39 is 0 Å². The Kier molecular flexibility index (Phi) is 4.45. The van der Waals surface area contributed by atoms with Crippen molar-refractivity contribution in [3.05, 3.63) is 47.2 Å². The highest BCUT2D eigenvalue weighted by Crippen LogP contribution is 2.32. The number of aromatic nitrogens is 2. The zero-order valence-electron chi connectivity index (χ0n) is 11.2. The van der Waals surface area contributed by atoms with Gasteiger partial charge in [-0.3, -0.25) is 0 Å². The molecule has 0 aliphatic carbocycles. The Morgan fingerprint density at radius 3 is 2.85 bits per heavy atom. The van der Waals surface area contributed by atoms with E-state index in [0.717, 1.165) is 33.3 Å². The average molecular weight is 398 g/mol. The number of nitrogens with zero attached hydrogens (tertiary/aromatic N) is 2. The normalized spacial score (nSPS) is 16.8. The second-order valence-corrected chi connectivity index (χ2v) is 6.57. The van der Waals surface area contributed by atoms with Gasteiger partial charge in [-0.15, -0.1) is 0 Å². The summed E-state index contributed by atoms with van der Waals surface area (Å²) < 4.78 is 6.84. The van der Waals surface area contributed by atoms with Crippen molar-refractivity contribution in [3.63, 3.8) is 0 Å². The molecule has 3 nitrogen and oxygen atoms in total. The number of alkyl halides is 1. The molecular formula is C15H15IN2OS. The first kappa shape index (κ1) is 14.1. The fraction of sp³-hybridized carbons (Fsp3) is 0.333. The molecule has 0 radical (unpaired) electrons. The van der Waals surface area contributed by atoms with Gasteiger partial charge in [-0.25, -0.2) is 4.98 Å². The molecule has 1 aliphatic rings. The van der Waals surface area contributed by atoms with Gasteiger partial charge >= 0.3 is 0 Å². The van der Waals surface area contributed by atoms with Crippen LogP contribution in [0.5, 0.6) is 5.88 Å². The van der Waals surface area contributed by atoms with E-state index in [1.165, 1.54) is 11.1 Å². The quantitative estimate of drug-likeness (QED) is 0.340. The molecule has 1 unspecified atom stereocenters. The molecule has 20 heavy (non-hydrogen) atoms. The first-order chi connectivity index (χ1) is 9.76. The van der Waals surface area contributed by atoms with Gasteiger partial charge in [-0.1, -0.05) is 64.7 Å². The van der Waals surface area contributed by atoms with Gasteiger partial charge in [0.15, 0.2) is 5.16 Å². The van der Waals surface area contributed by atoms with Crippen molar-refractivity contribution in [2.24, 2.45) is 0 Å². The van der Waals surface area contributed by atoms with Crippen molar-refractivity contribution in [1.82, 2.24) is 9.97 Å². The molecule has 5 heteroatoms. The molecule has 0 fully saturated rings. The average Bonchev–Trinajstić information content (AvgIpc) is 2.90. The standard InChI is InChI=1S/C15H15IN2OS/c1-10-13-7-12(8-16)19-14(13)18-15(17-10)20-9-11-5-3-2-4-6-11/h2-6,12H,7-9H2,1H3. The zero-order valence-corrected chi connectivity index (χ0v) is 14.1. The Morgan fingerprint density at radius 1 is 1.30 bits per heavy atom. The largest absolute Gasteiger partial charge is 0.473 e. The number of halogens is 1. The van der Waals surface area contributed by atoms with E-state index in [2.05, 4.69) is 56.8 Å². The number of hydrogen-bond acceptors (Lipinski definition) is 4. The molecule has 2 aromatic rings. The summed E-state index contributed by atoms with van der Waals surface area (Å²) in [6.45, 7) is 2.05. The van der Waals surface area contributed by atoms with E-state index in [1.54, 1.807) is 11.8 Å². The molecule has 0 amide bonds. The van der Waals surface area contributed by atoms with E-state index in [0.29, 0.717) is 0 Å². The van der Waals surface area contributed by atoms with E-state index >= 15 is 0 Å². The third-order valence-electron chi connectivity index (χ3n) is 3.25. The number of benzene rings is 1. The molecule has 1 aromatic carbocycles. The fourth-order valence-electron chi connectivity index (χ4n) is 2.18. The highest BCUT2D eigenvalue weighted by Gasteiger charge is 2.26. The molecule has 1 aliphatic heterocycles. The van der Waals surface area contributed by atoms with Gasteiger partial charge in [0.2, 0.25) is 5.88 Å². The summed E-state index contributed by atoms with van der Waals surface area (Å²) >= 11 is 4.01. The second-order valence-electron chi connectivity index (χ2n) is 4.75. The molecule has 0 saturated carbocycles. The molecule has 0 spiro atoms. The van der Waals surface area contributed by atoms with Crippen molar-refractivity contribution in [3.8, 4) is 5.88 Å². The summed E-state index contributed by atoms with van der Waals surface area (Å²) in [7, 11) is 0. The Bertz CT molecular complexity index is 606. The van der Waals surface area contributed by atoms with Crippen LogP contribution in [0, 0.1) is 6.92 Å². The molecule has 2 heterocycles. The van der Waals surface area contributed by atoms with E-state index in [-0.39, 0.29) is 6.10 Å². The van der Waals surface area contributed by atoms with Crippen LogP contribution in [0.3, 0.4) is 0 Å². The lowest BCUT2D eigenvalue weighted by atomic mass is 10.1. The molecular weight excluding hydrogens is 383 g/mol. The van der Waals surface area contributed by atoms with Crippen LogP contribution in [-0.2, 0) is 12.2 Å². The summed E-state index contributed by atoms with van der Waals surface area (Å²) in [6, 6.07) is 10.4. The topological polar surface area (TPSA) is 35.0 Å². The predicted octanol–water partition coefficient (Wildman–Crippen LogP) is 3.82. The lowest BCUT2D eigenvalue weighted by Crippen LogP contribution is -2.13. The predicted molar refractivity (Wildman–Crippen MR) is 89.8 cm³/mol. The van der Waals surface area contributed by atoms with Crippen molar-refractivity contribution in [2.45, 2.75) is 30.4 Å². The summed E-state index contributed by atoms with van der Waals surface area (Å²) in [5.41, 5.74) is 3.51. The van der Waals surface area contributed by atoms with E-state index in [9.17, 15) is 0 Å². The zero-order chi connectivity index (χ0) is 13.9. The van der Waals surface area contributed by atoms with Crippen molar-refractivity contribution in [1.29, 1.82) is 0 Å². The second kappa shape index (κ2) is 6.30. The molecule has 3 rings (SSSR count). The van der Waals surface area contributed by atoms with E-state index in [4.69, 9.17) is 4.74 Å². The molecule has 0 N–H and O–H groups in total. The monoisotopic (exact) mass is 398 g/mol. The number of ether oxygens (including phenoxy) is 1. The van der Waals surface area contributed by atoms with Gasteiger partial charge < -0.3 is 4.74 Å². The van der Waals surface area contributed by atoms with Crippen LogP contribution in [0.15, 0.2) is 35.5 Å².